The molecule has 3 aromatic rings. The van der Waals surface area contributed by atoms with Gasteiger partial charge in [0.15, 0.2) is 4.80 Å². The molecule has 148 valence electrons. The number of hydrogen-bond acceptors (Lipinski definition) is 6. The quantitative estimate of drug-likeness (QED) is 0.599. The van der Waals surface area contributed by atoms with Gasteiger partial charge in [0.25, 0.3) is 5.56 Å². The maximum atomic E-state index is 13.3. The molecule has 0 aliphatic carbocycles. The van der Waals surface area contributed by atoms with Crippen LogP contribution in [0.3, 0.4) is 0 Å². The Kier molecular flexibility index (Phi) is 5.25. The van der Waals surface area contributed by atoms with Crippen molar-refractivity contribution in [3.8, 4) is 0 Å². The van der Waals surface area contributed by atoms with Crippen LogP contribution in [0, 0.1) is 0 Å². The standard InChI is InChI=1S/C21H17ClN2O4S/c1-3-27-20(26)17-12(2)23-21-24(18(17)15-8-5-9-28-15)19(25)16(29-21)11-13-6-4-7-14(22)10-13/h4-11,18H,3H2,1-2H3. The van der Waals surface area contributed by atoms with Crippen molar-refractivity contribution in [1.29, 1.82) is 0 Å². The van der Waals surface area contributed by atoms with Crippen molar-refractivity contribution < 1.29 is 13.9 Å². The van der Waals surface area contributed by atoms with Crippen molar-refractivity contribution >= 4 is 35.0 Å². The Bertz CT molecular complexity index is 1280. The minimum absolute atomic E-state index is 0.222. The number of carbonyl (C=O) groups excluding carboxylic acids is 1. The van der Waals surface area contributed by atoms with Crippen molar-refractivity contribution in [1.82, 2.24) is 4.57 Å². The number of esters is 1. The van der Waals surface area contributed by atoms with Crippen molar-refractivity contribution in [2.24, 2.45) is 4.99 Å². The second-order valence-electron chi connectivity index (χ2n) is 6.37. The molecule has 0 saturated heterocycles. The van der Waals surface area contributed by atoms with Gasteiger partial charge in [-0.15, -0.1) is 0 Å². The Hall–Kier alpha value is -2.90. The molecule has 0 radical (unpaired) electrons. The molecule has 0 bridgehead atoms. The van der Waals surface area contributed by atoms with Crippen LogP contribution < -0.4 is 14.9 Å². The Morgan fingerprint density at radius 1 is 1.38 bits per heavy atom. The van der Waals surface area contributed by atoms with E-state index in [9.17, 15) is 9.59 Å². The SMILES string of the molecule is CCOC(=O)C1=C(C)N=c2sc(=Cc3cccc(Cl)c3)c(=O)n2C1c1ccco1. The summed E-state index contributed by atoms with van der Waals surface area (Å²) in [4.78, 5) is 30.9. The predicted molar refractivity (Wildman–Crippen MR) is 111 cm³/mol. The van der Waals surface area contributed by atoms with E-state index in [-0.39, 0.29) is 12.2 Å². The lowest BCUT2D eigenvalue weighted by atomic mass is 10.0. The molecule has 29 heavy (non-hydrogen) atoms. The summed E-state index contributed by atoms with van der Waals surface area (Å²) in [5, 5.41) is 0.584. The Balaban J connectivity index is 1.94. The van der Waals surface area contributed by atoms with Crippen molar-refractivity contribution in [2.75, 3.05) is 6.61 Å². The van der Waals surface area contributed by atoms with Crippen LogP contribution in [-0.4, -0.2) is 17.1 Å². The third kappa shape index (κ3) is 3.59. The van der Waals surface area contributed by atoms with E-state index < -0.39 is 12.0 Å². The summed E-state index contributed by atoms with van der Waals surface area (Å²) in [6.07, 6.45) is 3.27. The van der Waals surface area contributed by atoms with Gasteiger partial charge in [-0.3, -0.25) is 9.36 Å². The molecule has 2 aromatic heterocycles. The van der Waals surface area contributed by atoms with Crippen LogP contribution in [0.5, 0.6) is 0 Å². The Morgan fingerprint density at radius 2 is 2.21 bits per heavy atom. The summed E-state index contributed by atoms with van der Waals surface area (Å²) in [7, 11) is 0. The molecule has 1 aromatic carbocycles. The fourth-order valence-electron chi connectivity index (χ4n) is 3.26. The maximum absolute atomic E-state index is 13.3. The highest BCUT2D eigenvalue weighted by molar-refractivity contribution is 7.07. The summed E-state index contributed by atoms with van der Waals surface area (Å²) >= 11 is 7.31. The van der Waals surface area contributed by atoms with Crippen molar-refractivity contribution in [2.45, 2.75) is 19.9 Å². The molecule has 6 nitrogen and oxygen atoms in total. The molecule has 1 atom stereocenters. The van der Waals surface area contributed by atoms with E-state index in [4.69, 9.17) is 20.8 Å². The van der Waals surface area contributed by atoms with E-state index in [1.54, 1.807) is 44.2 Å². The first-order valence-electron chi connectivity index (χ1n) is 8.98. The molecule has 0 N–H and O–H groups in total. The molecule has 3 heterocycles. The Labute approximate surface area is 175 Å². The number of allylic oxidation sites excluding steroid dienone is 1. The first-order chi connectivity index (χ1) is 14.0. The minimum atomic E-state index is -0.734. The fourth-order valence-corrected chi connectivity index (χ4v) is 4.50. The largest absolute Gasteiger partial charge is 0.467 e. The number of benzene rings is 1. The van der Waals surface area contributed by atoms with Crippen molar-refractivity contribution in [3.05, 3.63) is 90.0 Å². The third-order valence-corrected chi connectivity index (χ3v) is 5.69. The zero-order valence-electron chi connectivity index (χ0n) is 15.7. The molecule has 0 fully saturated rings. The molecule has 0 saturated carbocycles. The van der Waals surface area contributed by atoms with Gasteiger partial charge in [-0.2, -0.15) is 0 Å². The van der Waals surface area contributed by atoms with E-state index in [0.717, 1.165) is 5.56 Å². The number of furan rings is 1. The highest BCUT2D eigenvalue weighted by atomic mass is 35.5. The second kappa shape index (κ2) is 7.85. The monoisotopic (exact) mass is 428 g/mol. The van der Waals surface area contributed by atoms with Gasteiger partial charge < -0.3 is 9.15 Å². The molecule has 1 aliphatic heterocycles. The maximum Gasteiger partial charge on any atom is 0.338 e. The van der Waals surface area contributed by atoms with Crippen molar-refractivity contribution in [3.63, 3.8) is 0 Å². The number of rotatable bonds is 4. The lowest BCUT2D eigenvalue weighted by Gasteiger charge is -2.22. The first kappa shape index (κ1) is 19.4. The molecular weight excluding hydrogens is 412 g/mol. The van der Waals surface area contributed by atoms with E-state index in [1.807, 2.05) is 12.1 Å². The van der Waals surface area contributed by atoms with Gasteiger partial charge in [0.05, 0.1) is 28.7 Å². The van der Waals surface area contributed by atoms with Gasteiger partial charge >= 0.3 is 5.97 Å². The number of hydrogen-bond donors (Lipinski definition) is 0. The van der Waals surface area contributed by atoms with Crippen LogP contribution >= 0.6 is 22.9 Å². The van der Waals surface area contributed by atoms with E-state index in [0.29, 0.717) is 31.4 Å². The minimum Gasteiger partial charge on any atom is -0.467 e. The van der Waals surface area contributed by atoms with Crippen LogP contribution in [0.15, 0.2) is 68.1 Å². The number of thiazole rings is 1. The van der Waals surface area contributed by atoms with Crippen LogP contribution in [0.1, 0.15) is 31.2 Å². The average molecular weight is 429 g/mol. The smallest absolute Gasteiger partial charge is 0.338 e. The van der Waals surface area contributed by atoms with E-state index in [1.165, 1.54) is 22.2 Å². The summed E-state index contributed by atoms with van der Waals surface area (Å²) in [5.74, 6) is -0.0444. The first-order valence-corrected chi connectivity index (χ1v) is 10.2. The lowest BCUT2D eigenvalue weighted by molar-refractivity contribution is -0.139. The average Bonchev–Trinajstić information content (AvgIpc) is 3.30. The fraction of sp³-hybridized carbons (Fsp3) is 0.190. The molecule has 1 aliphatic rings. The number of ether oxygens (including phenoxy) is 1. The zero-order valence-corrected chi connectivity index (χ0v) is 17.3. The zero-order chi connectivity index (χ0) is 20.5. The topological polar surface area (TPSA) is 73.8 Å². The van der Waals surface area contributed by atoms with Gasteiger partial charge in [-0.1, -0.05) is 35.1 Å². The van der Waals surface area contributed by atoms with Gasteiger partial charge in [-0.25, -0.2) is 9.79 Å². The summed E-state index contributed by atoms with van der Waals surface area (Å²) < 4.78 is 12.8. The molecular formula is C21H17ClN2O4S. The molecule has 8 heteroatoms. The van der Waals surface area contributed by atoms with Gasteiger partial charge in [0.2, 0.25) is 0 Å². The normalized spacial score (nSPS) is 16.5. The number of nitrogens with zero attached hydrogens (tertiary/aromatic N) is 2. The summed E-state index contributed by atoms with van der Waals surface area (Å²) in [5.41, 5.74) is 1.34. The summed E-state index contributed by atoms with van der Waals surface area (Å²) in [6, 6.07) is 9.95. The van der Waals surface area contributed by atoms with Gasteiger partial charge in [-0.05, 0) is 49.8 Å². The second-order valence-corrected chi connectivity index (χ2v) is 7.82. The van der Waals surface area contributed by atoms with Gasteiger partial charge in [0, 0.05) is 5.02 Å². The van der Waals surface area contributed by atoms with E-state index >= 15 is 0 Å². The number of aromatic nitrogens is 1. The number of fused-ring (bicyclic) bond motifs is 1. The van der Waals surface area contributed by atoms with E-state index in [2.05, 4.69) is 4.99 Å². The van der Waals surface area contributed by atoms with Crippen LogP contribution in [0.25, 0.3) is 6.08 Å². The highest BCUT2D eigenvalue weighted by Crippen LogP contribution is 2.30. The van der Waals surface area contributed by atoms with Crippen LogP contribution in [0.4, 0.5) is 0 Å². The number of halogens is 1. The highest BCUT2D eigenvalue weighted by Gasteiger charge is 2.34. The molecule has 1 unspecified atom stereocenters. The molecule has 0 spiro atoms. The molecule has 0 amide bonds. The Morgan fingerprint density at radius 3 is 2.90 bits per heavy atom. The summed E-state index contributed by atoms with van der Waals surface area (Å²) in [6.45, 7) is 3.69. The molecule has 4 rings (SSSR count). The predicted octanol–water partition coefficient (Wildman–Crippen LogP) is 3.04. The van der Waals surface area contributed by atoms with Gasteiger partial charge in [0.1, 0.15) is 11.8 Å². The number of carbonyl (C=O) groups is 1. The third-order valence-electron chi connectivity index (χ3n) is 4.48. The lowest BCUT2D eigenvalue weighted by Crippen LogP contribution is -2.39. The van der Waals surface area contributed by atoms with Crippen LogP contribution in [0.2, 0.25) is 5.02 Å². The van der Waals surface area contributed by atoms with Crippen LogP contribution in [-0.2, 0) is 9.53 Å².